The Morgan fingerprint density at radius 3 is 2.60 bits per heavy atom. The zero-order chi connectivity index (χ0) is 7.78. The monoisotopic (exact) mass is 162 g/mol. The van der Waals surface area contributed by atoms with E-state index in [1.165, 1.54) is 0 Å². The lowest BCUT2D eigenvalue weighted by molar-refractivity contribution is -0.118. The molecule has 0 aromatic carbocycles. The molecule has 0 aromatic heterocycles. The molecule has 1 heterocycles. The molecule has 10 heavy (non-hydrogen) atoms. The highest BCUT2D eigenvalue weighted by atomic mass is 32.2. The Bertz CT molecular complexity index is 265. The molecule has 1 N–H and O–H groups in total. The van der Waals surface area contributed by atoms with Gasteiger partial charge in [-0.05, 0) is 6.92 Å². The van der Waals surface area contributed by atoms with Crippen LogP contribution in [0.3, 0.4) is 0 Å². The highest BCUT2D eigenvalue weighted by Gasteiger charge is 2.25. The van der Waals surface area contributed by atoms with Crippen LogP contribution >= 0.6 is 0 Å². The van der Waals surface area contributed by atoms with Crippen molar-refractivity contribution in [3.63, 3.8) is 0 Å². The zero-order valence-electron chi connectivity index (χ0n) is 5.96. The average Bonchev–Trinajstić information content (AvgIpc) is 2.10. The van der Waals surface area contributed by atoms with Crippen molar-refractivity contribution in [2.45, 2.75) is 19.9 Å². The molecule has 0 spiro atoms. The van der Waals surface area contributed by atoms with Gasteiger partial charge in [0.1, 0.15) is 9.92 Å². The molecule has 1 amide bonds. The quantitative estimate of drug-likeness (QED) is 0.585. The van der Waals surface area contributed by atoms with Gasteiger partial charge in [-0.3, -0.25) is 4.79 Å². The van der Waals surface area contributed by atoms with Crippen LogP contribution in [0.25, 0.3) is 0 Å². The third-order valence-corrected chi connectivity index (χ3v) is 3.34. The van der Waals surface area contributed by atoms with Crippen molar-refractivity contribution in [1.29, 1.82) is 0 Å². The Kier molecular flexibility index (Phi) is 1.78. The molecular weight excluding hydrogens is 152 g/mol. The molecule has 58 valence electrons. The van der Waals surface area contributed by atoms with Gasteiger partial charge in [-0.1, -0.05) is 6.92 Å². The van der Waals surface area contributed by atoms with Crippen molar-refractivity contribution >= 4 is 15.8 Å². The second-order valence-electron chi connectivity index (χ2n) is 2.20. The summed E-state index contributed by atoms with van der Waals surface area (Å²) in [6, 6.07) is -0.368. The van der Waals surface area contributed by atoms with Crippen molar-refractivity contribution < 1.29 is 9.00 Å². The van der Waals surface area contributed by atoms with E-state index in [4.69, 9.17) is 0 Å². The Labute approximate surface area is 60.3 Å². The minimum absolute atomic E-state index is 0.299. The van der Waals surface area contributed by atoms with Gasteiger partial charge in [-0.2, -0.15) is 0 Å². The minimum Gasteiger partial charge on any atom is -0.270 e. The second-order valence-corrected chi connectivity index (χ2v) is 4.47. The third-order valence-electron chi connectivity index (χ3n) is 1.36. The number of nitrogens with zero attached hydrogens (tertiary/aromatic N) is 1. The first-order valence-corrected chi connectivity index (χ1v) is 4.82. The molecule has 2 atom stereocenters. The first-order chi connectivity index (χ1) is 4.57. The summed E-state index contributed by atoms with van der Waals surface area (Å²) in [5, 5.41) is 0. The molecule has 4 nitrogen and oxygen atoms in total. The number of hydrogen-bond acceptors (Lipinski definition) is 2. The molecule has 0 aromatic rings. The molecule has 1 unspecified atom stereocenters. The molecule has 0 bridgehead atoms. The number of nitrogens with one attached hydrogen (secondary N) is 1. The van der Waals surface area contributed by atoms with E-state index in [1.807, 2.05) is 0 Å². The number of carbonyl (C=O) groups is 1. The molecule has 0 radical (unpaired) electrons. The van der Waals surface area contributed by atoms with Crippen molar-refractivity contribution in [1.82, 2.24) is 4.72 Å². The van der Waals surface area contributed by atoms with Gasteiger partial charge < -0.3 is 0 Å². The van der Waals surface area contributed by atoms with E-state index in [-0.39, 0.29) is 11.9 Å². The SMILES string of the molecule is CCS1(=O)=NC(=O)[C@H](C)N1. The molecule has 5 heteroatoms. The number of carbonyl (C=O) groups excluding carboxylic acids is 1. The van der Waals surface area contributed by atoms with Gasteiger partial charge in [0.15, 0.2) is 0 Å². The van der Waals surface area contributed by atoms with Crippen LogP contribution in [-0.4, -0.2) is 21.9 Å². The van der Waals surface area contributed by atoms with E-state index in [9.17, 15) is 9.00 Å². The van der Waals surface area contributed by atoms with Crippen molar-refractivity contribution in [3.05, 3.63) is 0 Å². The molecule has 0 saturated heterocycles. The van der Waals surface area contributed by atoms with Gasteiger partial charge in [0.05, 0.1) is 6.04 Å². The predicted molar refractivity (Wildman–Crippen MR) is 38.7 cm³/mol. The molecule has 1 aliphatic heterocycles. The van der Waals surface area contributed by atoms with E-state index in [0.717, 1.165) is 0 Å². The van der Waals surface area contributed by atoms with Crippen LogP contribution in [-0.2, 0) is 14.7 Å². The standard InChI is InChI=1S/C5H10N2O2S/c1-3-10(9)6-4(2)5(8)7-10/h4H,3H2,1-2H3,(H,6,7,8,9)/t4-,10?/m0/s1. The van der Waals surface area contributed by atoms with Crippen LogP contribution in [0.4, 0.5) is 0 Å². The number of rotatable bonds is 1. The van der Waals surface area contributed by atoms with Gasteiger partial charge in [0, 0.05) is 5.75 Å². The fraction of sp³-hybridized carbons (Fsp3) is 0.800. The number of amides is 1. The van der Waals surface area contributed by atoms with E-state index in [2.05, 4.69) is 9.08 Å². The first-order valence-electron chi connectivity index (χ1n) is 3.13. The summed E-state index contributed by atoms with van der Waals surface area (Å²) in [6.45, 7) is 3.40. The molecule has 0 fully saturated rings. The van der Waals surface area contributed by atoms with Crippen LogP contribution in [0.1, 0.15) is 13.8 Å². The van der Waals surface area contributed by atoms with E-state index in [1.54, 1.807) is 13.8 Å². The molecular formula is C5H10N2O2S. The summed E-state index contributed by atoms with van der Waals surface area (Å²) in [5.41, 5.74) is 0. The fourth-order valence-electron chi connectivity index (χ4n) is 0.725. The topological polar surface area (TPSA) is 58.5 Å². The molecule has 0 aliphatic carbocycles. The maximum atomic E-state index is 11.3. The van der Waals surface area contributed by atoms with Gasteiger partial charge >= 0.3 is 0 Å². The van der Waals surface area contributed by atoms with Crippen molar-refractivity contribution in [3.8, 4) is 0 Å². The maximum Gasteiger partial charge on any atom is 0.272 e. The summed E-state index contributed by atoms with van der Waals surface area (Å²) in [4.78, 5) is 10.7. The van der Waals surface area contributed by atoms with Gasteiger partial charge in [0.2, 0.25) is 0 Å². The van der Waals surface area contributed by atoms with Gasteiger partial charge in [-0.15, -0.1) is 4.36 Å². The molecule has 1 aliphatic rings. The Morgan fingerprint density at radius 2 is 2.40 bits per heavy atom. The molecule has 0 saturated carbocycles. The van der Waals surface area contributed by atoms with Crippen LogP contribution in [0.2, 0.25) is 0 Å². The summed E-state index contributed by atoms with van der Waals surface area (Å²) in [5.74, 6) is 0.0927. The van der Waals surface area contributed by atoms with Crippen LogP contribution < -0.4 is 4.72 Å². The summed E-state index contributed by atoms with van der Waals surface area (Å²) >= 11 is 0. The second kappa shape index (κ2) is 2.32. The summed E-state index contributed by atoms with van der Waals surface area (Å²) < 4.78 is 17.4. The first kappa shape index (κ1) is 7.68. The minimum atomic E-state index is -2.36. The Balaban J connectivity index is 2.97. The van der Waals surface area contributed by atoms with Crippen molar-refractivity contribution in [2.75, 3.05) is 5.75 Å². The highest BCUT2D eigenvalue weighted by molar-refractivity contribution is 7.92. The fourth-order valence-corrected chi connectivity index (χ4v) is 2.18. The van der Waals surface area contributed by atoms with Crippen LogP contribution in [0, 0.1) is 0 Å². The van der Waals surface area contributed by atoms with Crippen LogP contribution in [0.5, 0.6) is 0 Å². The third kappa shape index (κ3) is 1.19. The Hall–Kier alpha value is -0.420. The normalized spacial score (nSPS) is 39.8. The summed E-state index contributed by atoms with van der Waals surface area (Å²) in [7, 11) is -2.36. The lowest BCUT2D eigenvalue weighted by atomic mass is 10.4. The van der Waals surface area contributed by atoms with E-state index in [0.29, 0.717) is 5.75 Å². The van der Waals surface area contributed by atoms with Crippen LogP contribution in [0.15, 0.2) is 4.36 Å². The lowest BCUT2D eigenvalue weighted by Crippen LogP contribution is -2.29. The Morgan fingerprint density at radius 1 is 1.80 bits per heavy atom. The summed E-state index contributed by atoms with van der Waals surface area (Å²) in [6.07, 6.45) is 0. The molecule has 1 rings (SSSR count). The van der Waals surface area contributed by atoms with E-state index >= 15 is 0 Å². The van der Waals surface area contributed by atoms with E-state index < -0.39 is 9.92 Å². The maximum absolute atomic E-state index is 11.3. The largest absolute Gasteiger partial charge is 0.272 e. The lowest BCUT2D eigenvalue weighted by Gasteiger charge is -2.00. The van der Waals surface area contributed by atoms with Gasteiger partial charge in [0.25, 0.3) is 5.91 Å². The highest BCUT2D eigenvalue weighted by Crippen LogP contribution is 2.05. The number of hydrogen-bond donors (Lipinski definition) is 1. The zero-order valence-corrected chi connectivity index (χ0v) is 6.77. The predicted octanol–water partition coefficient (Wildman–Crippen LogP) is -0.0924. The smallest absolute Gasteiger partial charge is 0.270 e. The van der Waals surface area contributed by atoms with Crippen molar-refractivity contribution in [2.24, 2.45) is 4.36 Å². The average molecular weight is 162 g/mol. The van der Waals surface area contributed by atoms with Gasteiger partial charge in [-0.25, -0.2) is 8.93 Å².